The number of nitriles is 1. The smallest absolute Gasteiger partial charge is 0.331 e. The Labute approximate surface area is 171 Å². The highest BCUT2D eigenvalue weighted by atomic mass is 16.6. The molecule has 1 heterocycles. The van der Waals surface area contributed by atoms with Crippen molar-refractivity contribution >= 4 is 17.3 Å². The summed E-state index contributed by atoms with van der Waals surface area (Å²) in [6.07, 6.45) is 1.69. The molecule has 0 aliphatic rings. The zero-order valence-corrected chi connectivity index (χ0v) is 15.7. The monoisotopic (exact) mass is 403 g/mol. The highest BCUT2D eigenvalue weighted by Crippen LogP contribution is 2.28. The maximum Gasteiger partial charge on any atom is 0.331 e. The third kappa shape index (κ3) is 5.15. The van der Waals surface area contributed by atoms with Crippen molar-refractivity contribution in [3.05, 3.63) is 88.1 Å². The molecule has 1 aromatic heterocycles. The highest BCUT2D eigenvalue weighted by Gasteiger charge is 2.17. The summed E-state index contributed by atoms with van der Waals surface area (Å²) in [6.45, 7) is 0. The van der Waals surface area contributed by atoms with Gasteiger partial charge in [0, 0.05) is 18.0 Å². The molecule has 1 amide bonds. The van der Waals surface area contributed by atoms with Gasteiger partial charge in [-0.2, -0.15) is 5.26 Å². The molecule has 3 N–H and O–H groups in total. The number of nitro groups is 1. The van der Waals surface area contributed by atoms with Crippen LogP contribution in [0.3, 0.4) is 0 Å². The first-order chi connectivity index (χ1) is 14.5. The van der Waals surface area contributed by atoms with E-state index in [1.54, 1.807) is 48.5 Å². The number of nitrogens with one attached hydrogen (secondary N) is 1. The van der Waals surface area contributed by atoms with Gasteiger partial charge in [0.05, 0.1) is 22.6 Å². The highest BCUT2D eigenvalue weighted by molar-refractivity contribution is 5.94. The molecule has 3 aromatic rings. The van der Waals surface area contributed by atoms with Gasteiger partial charge in [-0.25, -0.2) is 4.98 Å². The number of ether oxygens (including phenoxy) is 1. The van der Waals surface area contributed by atoms with Gasteiger partial charge in [0.15, 0.2) is 0 Å². The minimum Gasteiger partial charge on any atom is -0.434 e. The van der Waals surface area contributed by atoms with Crippen molar-refractivity contribution in [1.82, 2.24) is 4.98 Å². The van der Waals surface area contributed by atoms with Gasteiger partial charge in [-0.05, 0) is 54.4 Å². The van der Waals surface area contributed by atoms with Gasteiger partial charge < -0.3 is 15.8 Å². The van der Waals surface area contributed by atoms with Crippen LogP contribution in [0.2, 0.25) is 0 Å². The molecule has 0 unspecified atom stereocenters. The summed E-state index contributed by atoms with van der Waals surface area (Å²) in [4.78, 5) is 26.6. The van der Waals surface area contributed by atoms with Crippen molar-refractivity contribution in [2.45, 2.75) is 12.5 Å². The number of nitrogens with zero attached hydrogens (tertiary/aromatic N) is 3. The second-order valence-electron chi connectivity index (χ2n) is 6.32. The first-order valence-corrected chi connectivity index (χ1v) is 8.89. The number of aromatic nitrogens is 1. The van der Waals surface area contributed by atoms with Gasteiger partial charge in [-0.1, -0.05) is 12.1 Å². The maximum absolute atomic E-state index is 12.3. The van der Waals surface area contributed by atoms with Crippen LogP contribution in [0.4, 0.5) is 11.4 Å². The van der Waals surface area contributed by atoms with Gasteiger partial charge in [-0.15, -0.1) is 0 Å². The topological polar surface area (TPSA) is 144 Å². The number of nitrogens with two attached hydrogens (primary N) is 1. The van der Waals surface area contributed by atoms with E-state index in [2.05, 4.69) is 10.3 Å². The number of carbonyl (C=O) groups excluding carboxylic acids is 1. The van der Waals surface area contributed by atoms with Gasteiger partial charge in [0.1, 0.15) is 5.75 Å². The van der Waals surface area contributed by atoms with E-state index in [4.69, 9.17) is 15.7 Å². The minimum atomic E-state index is -0.788. The van der Waals surface area contributed by atoms with Crippen molar-refractivity contribution in [3.8, 4) is 17.7 Å². The minimum absolute atomic E-state index is 0.103. The Morgan fingerprint density at radius 3 is 2.53 bits per heavy atom. The molecule has 0 spiro atoms. The SMILES string of the molecule is N#Cc1ccc(NC(=O)[C@@H](N)Cc2ccc(Oc3ncccc3[N+](=O)[O-])cc2)cc1. The van der Waals surface area contributed by atoms with E-state index >= 15 is 0 Å². The summed E-state index contributed by atoms with van der Waals surface area (Å²) in [5, 5.41) is 22.5. The Morgan fingerprint density at radius 2 is 1.90 bits per heavy atom. The molecule has 0 saturated carbocycles. The van der Waals surface area contributed by atoms with E-state index in [1.165, 1.54) is 18.3 Å². The van der Waals surface area contributed by atoms with Crippen molar-refractivity contribution in [2.24, 2.45) is 5.73 Å². The molecule has 30 heavy (non-hydrogen) atoms. The van der Waals surface area contributed by atoms with E-state index in [1.807, 2.05) is 6.07 Å². The molecular formula is C21H17N5O4. The number of hydrogen-bond acceptors (Lipinski definition) is 7. The zero-order chi connectivity index (χ0) is 21.5. The van der Waals surface area contributed by atoms with Crippen LogP contribution in [0.1, 0.15) is 11.1 Å². The fourth-order valence-corrected chi connectivity index (χ4v) is 2.61. The summed E-state index contributed by atoms with van der Waals surface area (Å²) < 4.78 is 5.49. The Kier molecular flexibility index (Phi) is 6.32. The molecule has 3 rings (SSSR count). The molecular weight excluding hydrogens is 386 g/mol. The predicted molar refractivity (Wildman–Crippen MR) is 109 cm³/mol. The molecule has 2 aromatic carbocycles. The lowest BCUT2D eigenvalue weighted by Gasteiger charge is -2.13. The van der Waals surface area contributed by atoms with Crippen molar-refractivity contribution in [1.29, 1.82) is 5.26 Å². The van der Waals surface area contributed by atoms with Crippen LogP contribution in [-0.2, 0) is 11.2 Å². The molecule has 0 aliphatic carbocycles. The van der Waals surface area contributed by atoms with Crippen molar-refractivity contribution in [3.63, 3.8) is 0 Å². The average molecular weight is 403 g/mol. The standard InChI is InChI=1S/C21H17N5O4/c22-13-15-3-7-16(8-4-15)25-20(27)18(23)12-14-5-9-17(10-6-14)30-21-19(26(28)29)2-1-11-24-21/h1-11,18H,12,23H2,(H,25,27)/t18-/m0/s1. The largest absolute Gasteiger partial charge is 0.434 e. The van der Waals surface area contributed by atoms with Crippen molar-refractivity contribution in [2.75, 3.05) is 5.32 Å². The van der Waals surface area contributed by atoms with Gasteiger partial charge in [0.25, 0.3) is 5.88 Å². The molecule has 150 valence electrons. The second-order valence-corrected chi connectivity index (χ2v) is 6.32. The average Bonchev–Trinajstić information content (AvgIpc) is 2.76. The third-order valence-electron chi connectivity index (χ3n) is 4.16. The molecule has 0 aliphatic heterocycles. The number of hydrogen-bond donors (Lipinski definition) is 2. The molecule has 0 radical (unpaired) electrons. The lowest BCUT2D eigenvalue weighted by Crippen LogP contribution is -2.37. The molecule has 0 bridgehead atoms. The first-order valence-electron chi connectivity index (χ1n) is 8.89. The van der Waals surface area contributed by atoms with Crippen LogP contribution in [0.15, 0.2) is 66.9 Å². The number of rotatable bonds is 7. The van der Waals surface area contributed by atoms with Gasteiger partial charge in [-0.3, -0.25) is 14.9 Å². The van der Waals surface area contributed by atoms with Crippen LogP contribution in [0.25, 0.3) is 0 Å². The van der Waals surface area contributed by atoms with Crippen LogP contribution in [-0.4, -0.2) is 21.9 Å². The lowest BCUT2D eigenvalue weighted by molar-refractivity contribution is -0.386. The van der Waals surface area contributed by atoms with Crippen LogP contribution < -0.4 is 15.8 Å². The van der Waals surface area contributed by atoms with E-state index in [-0.39, 0.29) is 23.9 Å². The summed E-state index contributed by atoms with van der Waals surface area (Å²) in [7, 11) is 0. The molecule has 0 saturated heterocycles. The summed E-state index contributed by atoms with van der Waals surface area (Å²) in [5.41, 5.74) is 7.59. The normalized spacial score (nSPS) is 11.2. The number of anilines is 1. The van der Waals surface area contributed by atoms with E-state index in [0.717, 1.165) is 5.56 Å². The summed E-state index contributed by atoms with van der Waals surface area (Å²) in [6, 6.07) is 17.1. The summed E-state index contributed by atoms with van der Waals surface area (Å²) in [5.74, 6) is -0.0888. The Bertz CT molecular complexity index is 1090. The van der Waals surface area contributed by atoms with Gasteiger partial charge in [0.2, 0.25) is 5.91 Å². The fourth-order valence-electron chi connectivity index (χ4n) is 2.61. The molecule has 0 fully saturated rings. The number of pyridine rings is 1. The molecule has 1 atom stereocenters. The third-order valence-corrected chi connectivity index (χ3v) is 4.16. The zero-order valence-electron chi connectivity index (χ0n) is 15.7. The molecule has 9 heteroatoms. The van der Waals surface area contributed by atoms with Crippen LogP contribution in [0.5, 0.6) is 11.6 Å². The van der Waals surface area contributed by atoms with E-state index in [9.17, 15) is 14.9 Å². The fraction of sp³-hybridized carbons (Fsp3) is 0.0952. The van der Waals surface area contributed by atoms with E-state index in [0.29, 0.717) is 17.0 Å². The first kappa shape index (κ1) is 20.4. The van der Waals surface area contributed by atoms with Gasteiger partial charge >= 0.3 is 5.69 Å². The van der Waals surface area contributed by atoms with E-state index < -0.39 is 11.0 Å². The predicted octanol–water partition coefficient (Wildman–Crippen LogP) is 3.16. The second kappa shape index (κ2) is 9.27. The number of amides is 1. The Balaban J connectivity index is 1.60. The quantitative estimate of drug-likeness (QED) is 0.455. The molecule has 9 nitrogen and oxygen atoms in total. The maximum atomic E-state index is 12.3. The summed E-state index contributed by atoms with van der Waals surface area (Å²) >= 11 is 0. The van der Waals surface area contributed by atoms with Crippen LogP contribution in [0, 0.1) is 21.4 Å². The Hall–Kier alpha value is -4.29. The number of carbonyl (C=O) groups is 1. The lowest BCUT2D eigenvalue weighted by atomic mass is 10.1. The number of benzene rings is 2. The van der Waals surface area contributed by atoms with Crippen molar-refractivity contribution < 1.29 is 14.5 Å². The van der Waals surface area contributed by atoms with Crippen LogP contribution >= 0.6 is 0 Å². The Morgan fingerprint density at radius 1 is 1.20 bits per heavy atom.